The number of ketones is 1. The quantitative estimate of drug-likeness (QED) is 0.431. The minimum Gasteiger partial charge on any atom is -0.481 e. The fourth-order valence-electron chi connectivity index (χ4n) is 3.12. The summed E-state index contributed by atoms with van der Waals surface area (Å²) in [6.07, 6.45) is 5.79. The van der Waals surface area contributed by atoms with E-state index < -0.39 is 5.97 Å². The molecule has 0 atom stereocenters. The summed E-state index contributed by atoms with van der Waals surface area (Å²) in [5.41, 5.74) is 2.11. The number of allylic oxidation sites excluding steroid dienone is 1. The van der Waals surface area contributed by atoms with Gasteiger partial charge in [-0.15, -0.1) is 11.8 Å². The molecule has 2 heterocycles. The van der Waals surface area contributed by atoms with E-state index in [1.54, 1.807) is 24.3 Å². The number of carboxylic acids is 1. The Balaban J connectivity index is 1.44. The molecular formula is C23H19NO5S. The largest absolute Gasteiger partial charge is 0.481 e. The molecule has 152 valence electrons. The number of ether oxygens (including phenoxy) is 2. The summed E-state index contributed by atoms with van der Waals surface area (Å²) in [6.45, 7) is 0.704. The van der Waals surface area contributed by atoms with E-state index in [1.165, 1.54) is 11.8 Å². The molecule has 7 heteroatoms. The minimum atomic E-state index is -0.840. The van der Waals surface area contributed by atoms with Crippen LogP contribution < -0.4 is 9.47 Å². The molecule has 0 aliphatic carbocycles. The first kappa shape index (κ1) is 19.8. The van der Waals surface area contributed by atoms with Crippen LogP contribution in [0, 0.1) is 0 Å². The normalized spacial score (nSPS) is 12.4. The maximum Gasteiger partial charge on any atom is 0.313 e. The average molecular weight is 421 g/mol. The molecule has 1 aromatic heterocycles. The van der Waals surface area contributed by atoms with Crippen molar-refractivity contribution in [1.29, 1.82) is 0 Å². The lowest BCUT2D eigenvalue weighted by Crippen LogP contribution is -2.09. The zero-order valence-electron chi connectivity index (χ0n) is 16.0. The van der Waals surface area contributed by atoms with Gasteiger partial charge in [-0.2, -0.15) is 0 Å². The smallest absolute Gasteiger partial charge is 0.313 e. The first-order valence-corrected chi connectivity index (χ1v) is 10.3. The number of fused-ring (bicyclic) bond motifs is 1. The predicted octanol–water partition coefficient (Wildman–Crippen LogP) is 4.34. The summed E-state index contributed by atoms with van der Waals surface area (Å²) in [5, 5.41) is 8.81. The number of aromatic nitrogens is 1. The van der Waals surface area contributed by atoms with Crippen molar-refractivity contribution in [2.24, 2.45) is 0 Å². The van der Waals surface area contributed by atoms with Crippen molar-refractivity contribution in [3.63, 3.8) is 0 Å². The molecule has 6 nitrogen and oxygen atoms in total. The highest BCUT2D eigenvalue weighted by atomic mass is 32.2. The van der Waals surface area contributed by atoms with Crippen LogP contribution in [-0.2, 0) is 11.3 Å². The Kier molecular flexibility index (Phi) is 5.90. The third-order valence-electron chi connectivity index (χ3n) is 4.53. The minimum absolute atomic E-state index is 0.0296. The lowest BCUT2D eigenvalue weighted by molar-refractivity contribution is -0.133. The van der Waals surface area contributed by atoms with Gasteiger partial charge < -0.3 is 19.1 Å². The maximum absolute atomic E-state index is 12.9. The molecule has 2 aromatic carbocycles. The summed E-state index contributed by atoms with van der Waals surface area (Å²) >= 11 is 1.28. The van der Waals surface area contributed by atoms with E-state index in [9.17, 15) is 9.59 Å². The van der Waals surface area contributed by atoms with Gasteiger partial charge >= 0.3 is 5.97 Å². The van der Waals surface area contributed by atoms with Crippen LogP contribution >= 0.6 is 11.8 Å². The molecule has 3 aromatic rings. The molecule has 0 saturated carbocycles. The first-order chi connectivity index (χ1) is 14.6. The van der Waals surface area contributed by atoms with Gasteiger partial charge in [0, 0.05) is 23.2 Å². The first-order valence-electron chi connectivity index (χ1n) is 9.31. The third kappa shape index (κ3) is 4.58. The fourth-order valence-corrected chi connectivity index (χ4v) is 3.80. The summed E-state index contributed by atoms with van der Waals surface area (Å²) in [7, 11) is 0. The molecule has 0 amide bonds. The Bertz CT molecular complexity index is 1120. The van der Waals surface area contributed by atoms with Gasteiger partial charge in [-0.25, -0.2) is 0 Å². The molecule has 0 unspecified atom stereocenters. The van der Waals surface area contributed by atoms with E-state index in [0.717, 1.165) is 10.5 Å². The van der Waals surface area contributed by atoms with Crippen LogP contribution in [0.1, 0.15) is 21.6 Å². The van der Waals surface area contributed by atoms with E-state index in [-0.39, 0.29) is 18.3 Å². The van der Waals surface area contributed by atoms with Crippen LogP contribution in [0.2, 0.25) is 0 Å². The van der Waals surface area contributed by atoms with Crippen molar-refractivity contribution < 1.29 is 24.2 Å². The molecule has 0 saturated heterocycles. The summed E-state index contributed by atoms with van der Waals surface area (Å²) in [4.78, 5) is 24.6. The third-order valence-corrected chi connectivity index (χ3v) is 5.51. The van der Waals surface area contributed by atoms with Gasteiger partial charge in [-0.3, -0.25) is 9.59 Å². The van der Waals surface area contributed by atoms with Crippen LogP contribution in [0.4, 0.5) is 0 Å². The van der Waals surface area contributed by atoms with Gasteiger partial charge in [0.1, 0.15) is 0 Å². The van der Waals surface area contributed by atoms with E-state index in [1.807, 2.05) is 53.2 Å². The number of nitrogens with zero attached hydrogens (tertiary/aromatic N) is 1. The van der Waals surface area contributed by atoms with Crippen LogP contribution in [-0.4, -0.2) is 34.0 Å². The summed E-state index contributed by atoms with van der Waals surface area (Å²) in [6, 6.07) is 16.5. The maximum atomic E-state index is 12.9. The van der Waals surface area contributed by atoms with Crippen molar-refractivity contribution in [2.75, 3.05) is 12.5 Å². The molecule has 30 heavy (non-hydrogen) atoms. The highest BCUT2D eigenvalue weighted by Crippen LogP contribution is 2.33. The molecule has 0 fully saturated rings. The molecular weight excluding hydrogens is 402 g/mol. The number of benzene rings is 2. The molecule has 4 rings (SSSR count). The van der Waals surface area contributed by atoms with Crippen molar-refractivity contribution in [2.45, 2.75) is 11.4 Å². The number of carbonyl (C=O) groups excluding carboxylic acids is 1. The zero-order chi connectivity index (χ0) is 20.9. The SMILES string of the molecule is O=C(O)CSc1cccc(/C=C/Cn2cccc2C(=O)c2ccc3c(c2)OCO3)c1. The van der Waals surface area contributed by atoms with Crippen LogP contribution in [0.25, 0.3) is 6.08 Å². The Labute approximate surface area is 177 Å². The van der Waals surface area contributed by atoms with Gasteiger partial charge in [-0.05, 0) is 48.0 Å². The van der Waals surface area contributed by atoms with Gasteiger partial charge in [0.2, 0.25) is 12.6 Å². The fraction of sp³-hybridized carbons (Fsp3) is 0.130. The second-order valence-electron chi connectivity index (χ2n) is 6.60. The van der Waals surface area contributed by atoms with Crippen molar-refractivity contribution in [3.05, 3.63) is 83.7 Å². The highest BCUT2D eigenvalue weighted by Gasteiger charge is 2.18. The van der Waals surface area contributed by atoms with Gasteiger partial charge in [0.15, 0.2) is 11.5 Å². The van der Waals surface area contributed by atoms with Gasteiger partial charge in [-0.1, -0.05) is 24.3 Å². The number of hydrogen-bond donors (Lipinski definition) is 1. The van der Waals surface area contributed by atoms with Crippen LogP contribution in [0.3, 0.4) is 0 Å². The Hall–Kier alpha value is -3.45. The van der Waals surface area contributed by atoms with Gasteiger partial charge in [0.05, 0.1) is 11.4 Å². The number of carboxylic acid groups (broad SMARTS) is 1. The van der Waals surface area contributed by atoms with E-state index in [2.05, 4.69) is 0 Å². The average Bonchev–Trinajstić information content (AvgIpc) is 3.41. The number of thioether (sulfide) groups is 1. The van der Waals surface area contributed by atoms with Crippen molar-refractivity contribution in [3.8, 4) is 11.5 Å². The van der Waals surface area contributed by atoms with E-state index in [0.29, 0.717) is 29.3 Å². The predicted molar refractivity (Wildman–Crippen MR) is 114 cm³/mol. The van der Waals surface area contributed by atoms with Crippen molar-refractivity contribution in [1.82, 2.24) is 4.57 Å². The Morgan fingerprint density at radius 3 is 2.80 bits per heavy atom. The summed E-state index contributed by atoms with van der Waals surface area (Å²) in [5.74, 6) is 0.335. The standard InChI is InChI=1S/C23H19NO5S/c25-22(26)14-30-18-6-1-4-16(12-18)5-2-10-24-11-3-7-19(24)23(27)17-8-9-20-21(13-17)29-15-28-20/h1-9,11-13H,10,14-15H2,(H,25,26)/b5-2+. The van der Waals surface area contributed by atoms with E-state index in [4.69, 9.17) is 14.6 Å². The molecule has 0 spiro atoms. The second-order valence-corrected chi connectivity index (χ2v) is 7.65. The summed E-state index contributed by atoms with van der Waals surface area (Å²) < 4.78 is 12.5. The topological polar surface area (TPSA) is 77.8 Å². The Morgan fingerprint density at radius 1 is 1.07 bits per heavy atom. The number of carbonyl (C=O) groups is 2. The van der Waals surface area contributed by atoms with Gasteiger partial charge in [0.25, 0.3) is 0 Å². The second kappa shape index (κ2) is 8.92. The van der Waals surface area contributed by atoms with Crippen molar-refractivity contribution >= 4 is 29.6 Å². The zero-order valence-corrected chi connectivity index (χ0v) is 16.8. The molecule has 1 aliphatic rings. The number of rotatable bonds is 8. The van der Waals surface area contributed by atoms with E-state index >= 15 is 0 Å². The monoisotopic (exact) mass is 421 g/mol. The lowest BCUT2D eigenvalue weighted by atomic mass is 10.1. The number of aliphatic carboxylic acids is 1. The molecule has 1 N–H and O–H groups in total. The lowest BCUT2D eigenvalue weighted by Gasteiger charge is -2.07. The Morgan fingerprint density at radius 2 is 1.93 bits per heavy atom. The van der Waals surface area contributed by atoms with Crippen LogP contribution in [0.15, 0.2) is 71.8 Å². The molecule has 0 bridgehead atoms. The number of hydrogen-bond acceptors (Lipinski definition) is 5. The molecule has 1 aliphatic heterocycles. The highest BCUT2D eigenvalue weighted by molar-refractivity contribution is 8.00. The van der Waals surface area contributed by atoms with Crippen LogP contribution in [0.5, 0.6) is 11.5 Å². The molecule has 0 radical (unpaired) electrons.